The number of nitrogens with two attached hydrogens (primary N) is 1. The number of hydrogen-bond donors (Lipinski definition) is 1. The molecule has 44 heavy (non-hydrogen) atoms. The van der Waals surface area contributed by atoms with Crippen molar-refractivity contribution in [2.75, 3.05) is 45.5 Å². The van der Waals surface area contributed by atoms with Crippen molar-refractivity contribution in [2.24, 2.45) is 5.73 Å². The van der Waals surface area contributed by atoms with E-state index in [1.807, 2.05) is 36.4 Å². The van der Waals surface area contributed by atoms with E-state index >= 15 is 0 Å². The van der Waals surface area contributed by atoms with Crippen molar-refractivity contribution in [1.82, 2.24) is 0 Å². The number of carbonyl (C=O) groups excluding carboxylic acids is 1. The topological polar surface area (TPSA) is 117 Å². The van der Waals surface area contributed by atoms with E-state index in [2.05, 4.69) is 45.0 Å². The molecule has 0 spiro atoms. The molecule has 244 valence electrons. The summed E-state index contributed by atoms with van der Waals surface area (Å²) in [7, 11) is -2.94. The SMILES string of the molecule is CC1(C)O[C@@H]2[C@H](O1)[C@@H](OCCOCCOCCCl)O[C@H](CO[Si](c1ccccc1)(c1ccccc1)C(C)(C)C)[C@H]2OC(N)=O. The highest BCUT2D eigenvalue weighted by Gasteiger charge is 2.58. The van der Waals surface area contributed by atoms with Crippen molar-refractivity contribution in [3.63, 3.8) is 0 Å². The molecule has 10 nitrogen and oxygen atoms in total. The van der Waals surface area contributed by atoms with Gasteiger partial charge in [0.15, 0.2) is 18.2 Å². The molecule has 4 rings (SSSR count). The minimum absolute atomic E-state index is 0.0898. The molecule has 2 aliphatic heterocycles. The number of amides is 1. The Morgan fingerprint density at radius 1 is 0.886 bits per heavy atom. The lowest BCUT2D eigenvalue weighted by molar-refractivity contribution is -0.280. The van der Waals surface area contributed by atoms with Crippen molar-refractivity contribution in [3.05, 3.63) is 60.7 Å². The molecule has 0 radical (unpaired) electrons. The third-order valence-electron chi connectivity index (χ3n) is 7.67. The maximum Gasteiger partial charge on any atom is 0.404 e. The first-order valence-corrected chi connectivity index (χ1v) is 17.5. The fraction of sp³-hybridized carbons (Fsp3) is 0.594. The number of hydrogen-bond acceptors (Lipinski definition) is 9. The van der Waals surface area contributed by atoms with Crippen molar-refractivity contribution in [3.8, 4) is 0 Å². The van der Waals surface area contributed by atoms with Gasteiger partial charge in [0.2, 0.25) is 0 Å². The summed E-state index contributed by atoms with van der Waals surface area (Å²) in [6, 6.07) is 20.5. The fourth-order valence-electron chi connectivity index (χ4n) is 5.93. The molecular weight excluding hydrogens is 606 g/mol. The quantitative estimate of drug-likeness (QED) is 0.175. The Bertz CT molecular complexity index is 1130. The first kappa shape index (κ1) is 34.8. The zero-order valence-corrected chi connectivity index (χ0v) is 28.0. The van der Waals surface area contributed by atoms with Crippen LogP contribution in [0.2, 0.25) is 5.04 Å². The number of benzene rings is 2. The number of halogens is 1. The third-order valence-corrected chi connectivity index (χ3v) is 12.8. The van der Waals surface area contributed by atoms with Crippen LogP contribution in [0.25, 0.3) is 0 Å². The maximum atomic E-state index is 12.1. The zero-order chi connectivity index (χ0) is 31.8. The summed E-state index contributed by atoms with van der Waals surface area (Å²) in [6.07, 6.45) is -4.81. The molecule has 0 aliphatic carbocycles. The first-order chi connectivity index (χ1) is 21.0. The van der Waals surface area contributed by atoms with E-state index in [1.54, 1.807) is 13.8 Å². The van der Waals surface area contributed by atoms with Gasteiger partial charge in [-0.15, -0.1) is 11.6 Å². The van der Waals surface area contributed by atoms with E-state index in [4.69, 9.17) is 54.9 Å². The monoisotopic (exact) mass is 651 g/mol. The summed E-state index contributed by atoms with van der Waals surface area (Å²) in [5.74, 6) is -0.534. The zero-order valence-electron chi connectivity index (χ0n) is 26.2. The van der Waals surface area contributed by atoms with Crippen LogP contribution >= 0.6 is 11.6 Å². The summed E-state index contributed by atoms with van der Waals surface area (Å²) in [5.41, 5.74) is 5.55. The molecule has 0 saturated carbocycles. The summed E-state index contributed by atoms with van der Waals surface area (Å²) in [6.45, 7) is 12.1. The number of primary amides is 1. The minimum atomic E-state index is -2.94. The van der Waals surface area contributed by atoms with Gasteiger partial charge in [-0.3, -0.25) is 0 Å². The van der Waals surface area contributed by atoms with Gasteiger partial charge in [0.25, 0.3) is 8.32 Å². The summed E-state index contributed by atoms with van der Waals surface area (Å²) < 4.78 is 48.8. The van der Waals surface area contributed by atoms with Crippen LogP contribution in [0, 0.1) is 0 Å². The average molecular weight is 652 g/mol. The molecule has 2 saturated heterocycles. The fourth-order valence-corrected chi connectivity index (χ4v) is 10.6. The lowest BCUT2D eigenvalue weighted by Gasteiger charge is -2.46. The molecule has 2 fully saturated rings. The molecule has 2 aliphatic rings. The highest BCUT2D eigenvalue weighted by molar-refractivity contribution is 6.99. The highest BCUT2D eigenvalue weighted by Crippen LogP contribution is 2.41. The minimum Gasteiger partial charge on any atom is -0.441 e. The van der Waals surface area contributed by atoms with Crippen LogP contribution in [0.4, 0.5) is 4.79 Å². The standard InChI is InChI=1S/C32H46ClNO9Si/c1-31(2,3)44(23-12-8-6-9-13-23,24-14-10-7-11-15-24)39-22-25-26(41-30(34)35)27-28(43-32(4,5)42-27)29(40-25)38-21-20-37-19-18-36-17-16-33/h6-15,25-29H,16-22H2,1-5H3,(H2,34,35)/t25-,26-,27+,28+,29+/m1/s1. The van der Waals surface area contributed by atoms with Gasteiger partial charge in [0.05, 0.1) is 39.6 Å². The summed E-state index contributed by atoms with van der Waals surface area (Å²) in [5, 5.41) is 1.95. The Labute approximate surface area is 266 Å². The molecule has 5 atom stereocenters. The van der Waals surface area contributed by atoms with Crippen LogP contribution in [0.5, 0.6) is 0 Å². The Balaban J connectivity index is 1.59. The number of ether oxygens (including phenoxy) is 7. The van der Waals surface area contributed by atoms with Gasteiger partial charge in [-0.25, -0.2) is 4.79 Å². The maximum absolute atomic E-state index is 12.1. The van der Waals surface area contributed by atoms with Crippen molar-refractivity contribution in [1.29, 1.82) is 0 Å². The lowest BCUT2D eigenvalue weighted by Crippen LogP contribution is -2.68. The molecule has 2 aromatic rings. The Morgan fingerprint density at radius 2 is 1.43 bits per heavy atom. The normalized spacial score (nSPS) is 25.0. The van der Waals surface area contributed by atoms with Gasteiger partial charge >= 0.3 is 6.09 Å². The number of fused-ring (bicyclic) bond motifs is 1. The predicted molar refractivity (Wildman–Crippen MR) is 169 cm³/mol. The molecule has 2 N–H and O–H groups in total. The van der Waals surface area contributed by atoms with Crippen LogP contribution in [0.1, 0.15) is 34.6 Å². The third kappa shape index (κ3) is 8.39. The van der Waals surface area contributed by atoms with Gasteiger partial charge < -0.3 is 43.3 Å². The van der Waals surface area contributed by atoms with Gasteiger partial charge in [-0.05, 0) is 29.3 Å². The molecule has 0 bridgehead atoms. The smallest absolute Gasteiger partial charge is 0.404 e. The van der Waals surface area contributed by atoms with E-state index in [-0.39, 0.29) is 18.3 Å². The molecule has 0 aromatic heterocycles. The molecule has 2 aromatic carbocycles. The summed E-state index contributed by atoms with van der Waals surface area (Å²) in [4.78, 5) is 12.1. The number of rotatable bonds is 15. The Morgan fingerprint density at radius 3 is 1.98 bits per heavy atom. The van der Waals surface area contributed by atoms with Crippen LogP contribution in [-0.4, -0.2) is 96.4 Å². The molecular formula is C32H46ClNO9Si. The number of carbonyl (C=O) groups is 1. The van der Waals surface area contributed by atoms with Gasteiger partial charge in [-0.2, -0.15) is 0 Å². The Kier molecular flexibility index (Phi) is 12.2. The van der Waals surface area contributed by atoms with E-state index in [0.717, 1.165) is 10.4 Å². The van der Waals surface area contributed by atoms with Gasteiger partial charge in [0.1, 0.15) is 18.3 Å². The number of alkyl halides is 1. The van der Waals surface area contributed by atoms with Crippen LogP contribution in [0.3, 0.4) is 0 Å². The molecule has 1 amide bonds. The van der Waals surface area contributed by atoms with E-state index in [0.29, 0.717) is 32.3 Å². The second-order valence-electron chi connectivity index (χ2n) is 12.3. The van der Waals surface area contributed by atoms with Crippen LogP contribution in [-0.2, 0) is 37.6 Å². The van der Waals surface area contributed by atoms with Crippen LogP contribution < -0.4 is 16.1 Å². The largest absolute Gasteiger partial charge is 0.441 e. The Hall–Kier alpha value is -2.06. The second kappa shape index (κ2) is 15.5. The predicted octanol–water partition coefficient (Wildman–Crippen LogP) is 3.56. The van der Waals surface area contributed by atoms with E-state index < -0.39 is 50.9 Å². The van der Waals surface area contributed by atoms with Crippen molar-refractivity contribution < 1.29 is 42.4 Å². The van der Waals surface area contributed by atoms with Gasteiger partial charge in [0, 0.05) is 5.88 Å². The highest BCUT2D eigenvalue weighted by atomic mass is 35.5. The van der Waals surface area contributed by atoms with Crippen molar-refractivity contribution >= 4 is 36.4 Å². The first-order valence-electron chi connectivity index (χ1n) is 15.0. The van der Waals surface area contributed by atoms with E-state index in [9.17, 15) is 4.79 Å². The van der Waals surface area contributed by atoms with Crippen molar-refractivity contribution in [2.45, 2.75) is 76.1 Å². The lowest BCUT2D eigenvalue weighted by atomic mass is 9.99. The van der Waals surface area contributed by atoms with Gasteiger partial charge in [-0.1, -0.05) is 81.4 Å². The second-order valence-corrected chi connectivity index (χ2v) is 17.0. The van der Waals surface area contributed by atoms with Crippen LogP contribution in [0.15, 0.2) is 60.7 Å². The molecule has 2 heterocycles. The molecule has 0 unspecified atom stereocenters. The average Bonchev–Trinajstić information content (AvgIpc) is 3.31. The molecule has 12 heteroatoms. The summed E-state index contributed by atoms with van der Waals surface area (Å²) >= 11 is 5.63. The van der Waals surface area contributed by atoms with E-state index in [1.165, 1.54) is 0 Å².